The molecule has 2 aromatic heterocycles. The average molecular weight is 483 g/mol. The van der Waals surface area contributed by atoms with E-state index in [1.807, 2.05) is 6.07 Å². The summed E-state index contributed by atoms with van der Waals surface area (Å²) in [7, 11) is 0. The average Bonchev–Trinajstić information content (AvgIpc) is 3.33. The third kappa shape index (κ3) is 7.47. The van der Waals surface area contributed by atoms with Gasteiger partial charge >= 0.3 is 6.03 Å². The number of rotatable bonds is 10. The number of anilines is 2. The molecule has 12 heteroatoms. The van der Waals surface area contributed by atoms with Crippen molar-refractivity contribution in [2.45, 2.75) is 18.9 Å². The summed E-state index contributed by atoms with van der Waals surface area (Å²) in [5, 5.41) is 17.2. The Morgan fingerprint density at radius 3 is 2.79 bits per heavy atom. The van der Waals surface area contributed by atoms with Crippen LogP contribution in [-0.4, -0.2) is 46.1 Å². The number of hydrogen-bond acceptors (Lipinski definition) is 7. The van der Waals surface area contributed by atoms with Crippen molar-refractivity contribution in [3.63, 3.8) is 0 Å². The van der Waals surface area contributed by atoms with Crippen molar-refractivity contribution >= 4 is 35.0 Å². The molecule has 0 spiro atoms. The monoisotopic (exact) mass is 482 g/mol. The van der Waals surface area contributed by atoms with Gasteiger partial charge in [-0.15, -0.1) is 0 Å². The highest BCUT2D eigenvalue weighted by molar-refractivity contribution is 6.31. The number of urea groups is 1. The molecule has 0 saturated heterocycles. The van der Waals surface area contributed by atoms with Crippen LogP contribution in [-0.2, 0) is 11.2 Å². The standard InChI is InChI=1S/C22H23ClN8O3/c23-15-3-4-19(18(8-15)30-22(33)31-20-5-2-14(10-24)11-28-20)34-7-1-6-27-21(32)17(25)9-16-12-26-13-29-16/h2-5,8,11-13,17H,1,6-7,9,25H2,(H,26,29)(H,27,32)(H2,28,30,31,33)/t17-/m0/s1. The van der Waals surface area contributed by atoms with Crippen LogP contribution in [0.3, 0.4) is 0 Å². The first-order valence-electron chi connectivity index (χ1n) is 10.3. The summed E-state index contributed by atoms with van der Waals surface area (Å²) in [5.74, 6) is 0.425. The summed E-state index contributed by atoms with van der Waals surface area (Å²) in [6.07, 6.45) is 5.39. The molecule has 1 aromatic carbocycles. The van der Waals surface area contributed by atoms with Crippen LogP contribution >= 0.6 is 11.6 Å². The van der Waals surface area contributed by atoms with Gasteiger partial charge in [-0.05, 0) is 36.8 Å². The number of aromatic nitrogens is 3. The normalized spacial score (nSPS) is 11.2. The van der Waals surface area contributed by atoms with Gasteiger partial charge in [0, 0.05) is 36.1 Å². The molecule has 0 fully saturated rings. The van der Waals surface area contributed by atoms with Crippen molar-refractivity contribution in [2.75, 3.05) is 23.8 Å². The van der Waals surface area contributed by atoms with Crippen LogP contribution < -0.4 is 26.4 Å². The molecular formula is C22H23ClN8O3. The summed E-state index contributed by atoms with van der Waals surface area (Å²) in [6.45, 7) is 0.655. The van der Waals surface area contributed by atoms with E-state index in [-0.39, 0.29) is 18.3 Å². The van der Waals surface area contributed by atoms with E-state index in [4.69, 9.17) is 27.3 Å². The van der Waals surface area contributed by atoms with E-state index in [2.05, 4.69) is 30.9 Å². The third-order valence-electron chi connectivity index (χ3n) is 4.53. The number of amides is 3. The molecular weight excluding hydrogens is 460 g/mol. The van der Waals surface area contributed by atoms with Crippen molar-refractivity contribution < 1.29 is 14.3 Å². The van der Waals surface area contributed by atoms with Crippen molar-refractivity contribution in [2.24, 2.45) is 5.73 Å². The zero-order valence-electron chi connectivity index (χ0n) is 18.0. The largest absolute Gasteiger partial charge is 0.491 e. The minimum atomic E-state index is -0.683. The highest BCUT2D eigenvalue weighted by atomic mass is 35.5. The lowest BCUT2D eigenvalue weighted by Gasteiger charge is -2.14. The molecule has 3 amide bonds. The molecule has 176 valence electrons. The summed E-state index contributed by atoms with van der Waals surface area (Å²) < 4.78 is 5.75. The maximum atomic E-state index is 12.3. The second-order valence-corrected chi connectivity index (χ2v) is 7.58. The molecule has 0 aliphatic heterocycles. The number of ether oxygens (including phenoxy) is 1. The molecule has 0 radical (unpaired) electrons. The van der Waals surface area contributed by atoms with E-state index in [1.54, 1.807) is 30.5 Å². The molecule has 3 aromatic rings. The number of nitrogens with zero attached hydrogens (tertiary/aromatic N) is 3. The van der Waals surface area contributed by atoms with Crippen LogP contribution in [0.15, 0.2) is 49.1 Å². The summed E-state index contributed by atoms with van der Waals surface area (Å²) in [4.78, 5) is 35.2. The molecule has 11 nitrogen and oxygen atoms in total. The fraction of sp³-hybridized carbons (Fsp3) is 0.227. The van der Waals surface area contributed by atoms with Gasteiger partial charge in [-0.25, -0.2) is 14.8 Å². The Bertz CT molecular complexity index is 1150. The minimum Gasteiger partial charge on any atom is -0.491 e. The lowest BCUT2D eigenvalue weighted by molar-refractivity contribution is -0.122. The third-order valence-corrected chi connectivity index (χ3v) is 4.77. The lowest BCUT2D eigenvalue weighted by Crippen LogP contribution is -2.42. The van der Waals surface area contributed by atoms with Crippen molar-refractivity contribution in [3.05, 3.63) is 65.3 Å². The number of nitrogens with two attached hydrogens (primary N) is 1. The smallest absolute Gasteiger partial charge is 0.324 e. The van der Waals surface area contributed by atoms with Gasteiger partial charge in [0.15, 0.2) is 0 Å². The SMILES string of the molecule is N#Cc1ccc(NC(=O)Nc2cc(Cl)ccc2OCCCNC(=O)[C@@H](N)Cc2cnc[nH]2)nc1. The fourth-order valence-corrected chi connectivity index (χ4v) is 3.02. The predicted molar refractivity (Wildman–Crippen MR) is 126 cm³/mol. The van der Waals surface area contributed by atoms with E-state index >= 15 is 0 Å². The van der Waals surface area contributed by atoms with Crippen LogP contribution in [0, 0.1) is 11.3 Å². The number of hydrogen-bond donors (Lipinski definition) is 5. The fourth-order valence-electron chi connectivity index (χ4n) is 2.85. The lowest BCUT2D eigenvalue weighted by atomic mass is 10.1. The molecule has 0 bridgehead atoms. The summed E-state index contributed by atoms with van der Waals surface area (Å²) >= 11 is 6.06. The van der Waals surface area contributed by atoms with E-state index in [0.29, 0.717) is 41.4 Å². The van der Waals surface area contributed by atoms with Crippen LogP contribution in [0.4, 0.5) is 16.3 Å². The van der Waals surface area contributed by atoms with Gasteiger partial charge in [-0.1, -0.05) is 11.6 Å². The Kier molecular flexibility index (Phi) is 8.79. The molecule has 1 atom stereocenters. The number of nitriles is 1. The molecule has 2 heterocycles. The molecule has 0 saturated carbocycles. The second-order valence-electron chi connectivity index (χ2n) is 7.14. The van der Waals surface area contributed by atoms with E-state index in [9.17, 15) is 9.59 Å². The van der Waals surface area contributed by atoms with Crippen molar-refractivity contribution in [1.29, 1.82) is 5.26 Å². The number of H-pyrrole nitrogens is 1. The first-order valence-corrected chi connectivity index (χ1v) is 10.7. The predicted octanol–water partition coefficient (Wildman–Crippen LogP) is 2.43. The molecule has 0 aliphatic rings. The number of pyridine rings is 1. The van der Waals surface area contributed by atoms with Gasteiger partial charge in [0.1, 0.15) is 17.6 Å². The Morgan fingerprint density at radius 1 is 1.24 bits per heavy atom. The van der Waals surface area contributed by atoms with E-state index < -0.39 is 12.1 Å². The highest BCUT2D eigenvalue weighted by Gasteiger charge is 2.14. The quantitative estimate of drug-likeness (QED) is 0.276. The maximum Gasteiger partial charge on any atom is 0.324 e. The zero-order valence-corrected chi connectivity index (χ0v) is 18.8. The number of imidazole rings is 1. The molecule has 0 aliphatic carbocycles. The highest BCUT2D eigenvalue weighted by Crippen LogP contribution is 2.28. The summed E-state index contributed by atoms with van der Waals surface area (Å²) in [6, 6.07) is 8.60. The zero-order chi connectivity index (χ0) is 24.3. The first-order chi connectivity index (χ1) is 16.4. The van der Waals surface area contributed by atoms with Gasteiger partial charge in [0.05, 0.1) is 30.2 Å². The number of aromatic amines is 1. The van der Waals surface area contributed by atoms with Gasteiger partial charge in [-0.2, -0.15) is 5.26 Å². The molecule has 6 N–H and O–H groups in total. The first kappa shape index (κ1) is 24.5. The number of carbonyl (C=O) groups excluding carboxylic acids is 2. The summed E-state index contributed by atoms with van der Waals surface area (Å²) in [5.41, 5.74) is 7.43. The second kappa shape index (κ2) is 12.2. The number of nitrogens with one attached hydrogen (secondary N) is 4. The van der Waals surface area contributed by atoms with Crippen LogP contribution in [0.25, 0.3) is 0 Å². The van der Waals surface area contributed by atoms with Crippen molar-refractivity contribution in [1.82, 2.24) is 20.3 Å². The molecule has 34 heavy (non-hydrogen) atoms. The number of halogens is 1. The number of carbonyl (C=O) groups is 2. The van der Waals surface area contributed by atoms with Crippen LogP contribution in [0.5, 0.6) is 5.75 Å². The topological polar surface area (TPSA) is 171 Å². The minimum absolute atomic E-state index is 0.267. The van der Waals surface area contributed by atoms with Gasteiger partial charge < -0.3 is 26.1 Å². The van der Waals surface area contributed by atoms with Crippen LogP contribution in [0.1, 0.15) is 17.7 Å². The van der Waals surface area contributed by atoms with Crippen molar-refractivity contribution in [3.8, 4) is 11.8 Å². The van der Waals surface area contributed by atoms with Gasteiger partial charge in [0.2, 0.25) is 5.91 Å². The Balaban J connectivity index is 1.45. The van der Waals surface area contributed by atoms with Crippen LogP contribution in [0.2, 0.25) is 5.02 Å². The molecule has 0 unspecified atom stereocenters. The van der Waals surface area contributed by atoms with E-state index in [0.717, 1.165) is 5.69 Å². The maximum absolute atomic E-state index is 12.3. The Labute approximate surface area is 200 Å². The number of benzene rings is 1. The Morgan fingerprint density at radius 2 is 2.09 bits per heavy atom. The van der Waals surface area contributed by atoms with Gasteiger partial charge in [0.25, 0.3) is 0 Å². The van der Waals surface area contributed by atoms with Gasteiger partial charge in [-0.3, -0.25) is 10.1 Å². The molecule has 3 rings (SSSR count). The van der Waals surface area contributed by atoms with E-state index in [1.165, 1.54) is 18.6 Å². The Hall–Kier alpha value is -4.14.